The lowest BCUT2D eigenvalue weighted by Crippen LogP contribution is -2.40. The van der Waals surface area contributed by atoms with Crippen molar-refractivity contribution in [2.75, 3.05) is 40.5 Å². The molecule has 0 aromatic heterocycles. The molecule has 0 bridgehead atoms. The zero-order chi connectivity index (χ0) is 18.8. The Morgan fingerprint density at radius 1 is 1.37 bits per heavy atom. The Bertz CT molecular complexity index is 580. The summed E-state index contributed by atoms with van der Waals surface area (Å²) in [5.41, 5.74) is 1.55. The molecule has 1 aromatic rings. The Hall–Kier alpha value is -0.930. The first-order chi connectivity index (χ1) is 12.6. The molecule has 0 saturated carbocycles. The minimum Gasteiger partial charge on any atom is -0.381 e. The minimum absolute atomic E-state index is 0. The van der Waals surface area contributed by atoms with E-state index in [0.29, 0.717) is 12.1 Å². The average molecular weight is 493 g/mol. The second-order valence-electron chi connectivity index (χ2n) is 6.79. The molecule has 1 saturated heterocycles. The number of aliphatic imine (C=N–C) groups is 1. The van der Waals surface area contributed by atoms with Crippen LogP contribution < -0.4 is 5.32 Å². The maximum absolute atomic E-state index is 13.7. The van der Waals surface area contributed by atoms with E-state index >= 15 is 0 Å². The predicted octanol–water partition coefficient (Wildman–Crippen LogP) is 3.80. The zero-order valence-corrected chi connectivity index (χ0v) is 19.0. The molecule has 154 valence electrons. The molecular weight excluding hydrogens is 460 g/mol. The summed E-state index contributed by atoms with van der Waals surface area (Å²) in [7, 11) is 3.64. The first kappa shape index (κ1) is 24.1. The number of benzene rings is 1. The summed E-state index contributed by atoms with van der Waals surface area (Å²) in [6.45, 7) is 6.41. The third-order valence-corrected chi connectivity index (χ3v) is 4.73. The molecule has 0 spiro atoms. The van der Waals surface area contributed by atoms with E-state index < -0.39 is 0 Å². The topological polar surface area (TPSA) is 46.1 Å². The van der Waals surface area contributed by atoms with Crippen LogP contribution in [0.25, 0.3) is 0 Å². The molecule has 0 unspecified atom stereocenters. The van der Waals surface area contributed by atoms with Crippen LogP contribution in [0.5, 0.6) is 0 Å². The molecule has 5 nitrogen and oxygen atoms in total. The SMILES string of the molecule is CCNC(=NCc1ccc(F)c(COC)c1)N(C)CCC1CCOCC1.I. The number of hydrogen-bond donors (Lipinski definition) is 1. The van der Waals surface area contributed by atoms with Gasteiger partial charge in [-0.15, -0.1) is 24.0 Å². The summed E-state index contributed by atoms with van der Waals surface area (Å²) in [5.74, 6) is 1.39. The fourth-order valence-electron chi connectivity index (χ4n) is 3.15. The monoisotopic (exact) mass is 493 g/mol. The van der Waals surface area contributed by atoms with Gasteiger partial charge in [-0.25, -0.2) is 9.38 Å². The van der Waals surface area contributed by atoms with Crippen LogP contribution in [0.15, 0.2) is 23.2 Å². The average Bonchev–Trinajstić information content (AvgIpc) is 2.66. The van der Waals surface area contributed by atoms with Crippen LogP contribution in [-0.4, -0.2) is 51.3 Å². The summed E-state index contributed by atoms with van der Waals surface area (Å²) >= 11 is 0. The Labute approximate surface area is 179 Å². The number of nitrogens with zero attached hydrogens (tertiary/aromatic N) is 2. The lowest BCUT2D eigenvalue weighted by Gasteiger charge is -2.26. The molecule has 0 aliphatic carbocycles. The van der Waals surface area contributed by atoms with Gasteiger partial charge in [0.2, 0.25) is 0 Å². The molecule has 0 amide bonds. The molecule has 1 aromatic carbocycles. The van der Waals surface area contributed by atoms with E-state index in [-0.39, 0.29) is 36.4 Å². The second kappa shape index (κ2) is 13.3. The third-order valence-electron chi connectivity index (χ3n) is 4.73. The van der Waals surface area contributed by atoms with Gasteiger partial charge in [0.05, 0.1) is 13.2 Å². The van der Waals surface area contributed by atoms with Gasteiger partial charge < -0.3 is 19.7 Å². The maximum atomic E-state index is 13.7. The molecule has 7 heteroatoms. The number of hydrogen-bond acceptors (Lipinski definition) is 3. The first-order valence-corrected chi connectivity index (χ1v) is 9.47. The normalized spacial score (nSPS) is 15.3. The van der Waals surface area contributed by atoms with E-state index in [4.69, 9.17) is 14.5 Å². The first-order valence-electron chi connectivity index (χ1n) is 9.47. The van der Waals surface area contributed by atoms with Crippen LogP contribution >= 0.6 is 24.0 Å². The zero-order valence-electron chi connectivity index (χ0n) is 16.7. The van der Waals surface area contributed by atoms with Gasteiger partial charge in [-0.2, -0.15) is 0 Å². The van der Waals surface area contributed by atoms with E-state index in [1.807, 2.05) is 6.07 Å². The number of rotatable bonds is 8. The van der Waals surface area contributed by atoms with E-state index in [1.54, 1.807) is 13.2 Å². The van der Waals surface area contributed by atoms with Crippen molar-refractivity contribution in [2.45, 2.75) is 39.3 Å². The van der Waals surface area contributed by atoms with E-state index in [1.165, 1.54) is 6.07 Å². The maximum Gasteiger partial charge on any atom is 0.193 e. The summed E-state index contributed by atoms with van der Waals surface area (Å²) in [6, 6.07) is 5.10. The van der Waals surface area contributed by atoms with Crippen LogP contribution in [0.4, 0.5) is 4.39 Å². The van der Waals surface area contributed by atoms with Crippen LogP contribution in [0.3, 0.4) is 0 Å². The van der Waals surface area contributed by atoms with E-state index in [0.717, 1.165) is 63.0 Å². The van der Waals surface area contributed by atoms with Crippen LogP contribution in [0, 0.1) is 11.7 Å². The molecule has 1 aliphatic heterocycles. The fourth-order valence-corrected chi connectivity index (χ4v) is 3.15. The van der Waals surface area contributed by atoms with Crippen molar-refractivity contribution in [3.63, 3.8) is 0 Å². The fraction of sp³-hybridized carbons (Fsp3) is 0.650. The molecular formula is C20H33FIN3O2. The third kappa shape index (κ3) is 8.31. The van der Waals surface area contributed by atoms with E-state index in [9.17, 15) is 4.39 Å². The summed E-state index contributed by atoms with van der Waals surface area (Å²) < 4.78 is 24.2. The van der Waals surface area contributed by atoms with Gasteiger partial charge >= 0.3 is 0 Å². The molecule has 0 radical (unpaired) electrons. The Kier molecular flexibility index (Phi) is 11.9. The van der Waals surface area contributed by atoms with Gasteiger partial charge in [-0.05, 0) is 49.8 Å². The van der Waals surface area contributed by atoms with Crippen molar-refractivity contribution >= 4 is 29.9 Å². The van der Waals surface area contributed by atoms with Gasteiger partial charge in [-0.1, -0.05) is 6.07 Å². The molecule has 1 N–H and O–H groups in total. The quantitative estimate of drug-likeness (QED) is 0.340. The number of methoxy groups -OCH3 is 1. The molecule has 27 heavy (non-hydrogen) atoms. The summed E-state index contributed by atoms with van der Waals surface area (Å²) in [6.07, 6.45) is 3.46. The van der Waals surface area contributed by atoms with Crippen LogP contribution in [0.2, 0.25) is 0 Å². The Morgan fingerprint density at radius 3 is 2.78 bits per heavy atom. The molecule has 1 aliphatic rings. The van der Waals surface area contributed by atoms with Crippen molar-refractivity contribution in [3.05, 3.63) is 35.1 Å². The van der Waals surface area contributed by atoms with Crippen molar-refractivity contribution in [2.24, 2.45) is 10.9 Å². The van der Waals surface area contributed by atoms with Crippen molar-refractivity contribution < 1.29 is 13.9 Å². The van der Waals surface area contributed by atoms with Gasteiger partial charge in [0.15, 0.2) is 5.96 Å². The molecule has 1 fully saturated rings. The van der Waals surface area contributed by atoms with Crippen LogP contribution in [0.1, 0.15) is 37.3 Å². The minimum atomic E-state index is -0.236. The highest BCUT2D eigenvalue weighted by Crippen LogP contribution is 2.18. The number of nitrogens with one attached hydrogen (secondary N) is 1. The highest BCUT2D eigenvalue weighted by atomic mass is 127. The predicted molar refractivity (Wildman–Crippen MR) is 118 cm³/mol. The number of guanidine groups is 1. The summed E-state index contributed by atoms with van der Waals surface area (Å²) in [5, 5.41) is 3.34. The molecule has 2 rings (SSSR count). The molecule has 1 heterocycles. The number of halogens is 2. The Balaban J connectivity index is 0.00000364. The Morgan fingerprint density at radius 2 is 2.11 bits per heavy atom. The molecule has 0 atom stereocenters. The van der Waals surface area contributed by atoms with Crippen molar-refractivity contribution in [1.82, 2.24) is 10.2 Å². The van der Waals surface area contributed by atoms with Crippen molar-refractivity contribution in [1.29, 1.82) is 0 Å². The highest BCUT2D eigenvalue weighted by Gasteiger charge is 2.15. The lowest BCUT2D eigenvalue weighted by molar-refractivity contribution is 0.0625. The van der Waals surface area contributed by atoms with Crippen molar-refractivity contribution in [3.8, 4) is 0 Å². The van der Waals surface area contributed by atoms with Gasteiger partial charge in [0.25, 0.3) is 0 Å². The van der Waals surface area contributed by atoms with Gasteiger partial charge in [0, 0.05) is 46.0 Å². The smallest absolute Gasteiger partial charge is 0.193 e. The van der Waals surface area contributed by atoms with E-state index in [2.05, 4.69) is 24.2 Å². The van der Waals surface area contributed by atoms with Crippen LogP contribution in [-0.2, 0) is 22.6 Å². The number of ether oxygens (including phenoxy) is 2. The standard InChI is InChI=1S/C20H32FN3O2.HI/c1-4-22-20(24(2)10-7-16-8-11-26-12-9-16)23-14-17-5-6-19(21)18(13-17)15-25-3;/h5-6,13,16H,4,7-12,14-15H2,1-3H3,(H,22,23);1H. The lowest BCUT2D eigenvalue weighted by atomic mass is 9.96. The largest absolute Gasteiger partial charge is 0.381 e. The summed E-state index contributed by atoms with van der Waals surface area (Å²) in [4.78, 5) is 6.90. The van der Waals surface area contributed by atoms with Gasteiger partial charge in [0.1, 0.15) is 5.82 Å². The van der Waals surface area contributed by atoms with Gasteiger partial charge in [-0.3, -0.25) is 0 Å². The highest BCUT2D eigenvalue weighted by molar-refractivity contribution is 14.0. The second-order valence-corrected chi connectivity index (χ2v) is 6.79.